The molecule has 0 spiro atoms. The third kappa shape index (κ3) is 2.63. The van der Waals surface area contributed by atoms with Crippen molar-refractivity contribution in [2.24, 2.45) is 0 Å². The molecule has 94 valence electrons. The molecule has 0 aromatic heterocycles. The fourth-order valence-corrected chi connectivity index (χ4v) is 2.50. The second-order valence-corrected chi connectivity index (χ2v) is 6.37. The van der Waals surface area contributed by atoms with Gasteiger partial charge in [-0.15, -0.1) is 0 Å². The van der Waals surface area contributed by atoms with Gasteiger partial charge in [0.05, 0.1) is 4.90 Å². The highest BCUT2D eigenvalue weighted by atomic mass is 35.7. The quantitative estimate of drug-likeness (QED) is 0.862. The average molecular weight is 284 g/mol. The standard InChI is InChI=1S/C12H10ClNO3S/c1-8(15)14-12-4-2-3-9-7-10(18(13,16)17)5-6-11(9)12/h2-7H,1H3,(H,14,15). The van der Waals surface area contributed by atoms with Crippen LogP contribution < -0.4 is 5.32 Å². The van der Waals surface area contributed by atoms with Crippen molar-refractivity contribution in [1.82, 2.24) is 0 Å². The van der Waals surface area contributed by atoms with E-state index in [1.54, 1.807) is 24.3 Å². The lowest BCUT2D eigenvalue weighted by Crippen LogP contribution is -2.06. The highest BCUT2D eigenvalue weighted by Crippen LogP contribution is 2.27. The summed E-state index contributed by atoms with van der Waals surface area (Å²) >= 11 is 0. The molecule has 0 heterocycles. The normalized spacial score (nSPS) is 11.4. The Kier molecular flexibility index (Phi) is 3.28. The maximum absolute atomic E-state index is 11.2. The Morgan fingerprint density at radius 1 is 1.22 bits per heavy atom. The largest absolute Gasteiger partial charge is 0.326 e. The predicted octanol–water partition coefficient (Wildman–Crippen LogP) is 2.73. The Balaban J connectivity index is 2.64. The molecule has 1 N–H and O–H groups in total. The molecule has 2 aromatic carbocycles. The lowest BCUT2D eigenvalue weighted by Gasteiger charge is -2.07. The molecule has 18 heavy (non-hydrogen) atoms. The van der Waals surface area contributed by atoms with Crippen molar-refractivity contribution in [3.05, 3.63) is 36.4 Å². The zero-order chi connectivity index (χ0) is 13.3. The van der Waals surface area contributed by atoms with Gasteiger partial charge in [-0.3, -0.25) is 4.79 Å². The molecule has 0 aliphatic rings. The van der Waals surface area contributed by atoms with Crippen LogP contribution in [0.2, 0.25) is 0 Å². The smallest absolute Gasteiger partial charge is 0.261 e. The second kappa shape index (κ2) is 4.59. The summed E-state index contributed by atoms with van der Waals surface area (Å²) in [6.07, 6.45) is 0. The van der Waals surface area contributed by atoms with Gasteiger partial charge in [-0.2, -0.15) is 0 Å². The van der Waals surface area contributed by atoms with Crippen LogP contribution in [-0.4, -0.2) is 14.3 Å². The first kappa shape index (κ1) is 12.9. The molecule has 4 nitrogen and oxygen atoms in total. The number of fused-ring (bicyclic) bond motifs is 1. The molecule has 1 amide bonds. The van der Waals surface area contributed by atoms with Gasteiger partial charge in [0.25, 0.3) is 9.05 Å². The number of benzene rings is 2. The van der Waals surface area contributed by atoms with E-state index in [9.17, 15) is 13.2 Å². The molecule has 2 aromatic rings. The molecule has 0 bridgehead atoms. The van der Waals surface area contributed by atoms with Crippen LogP contribution in [0.3, 0.4) is 0 Å². The highest BCUT2D eigenvalue weighted by Gasteiger charge is 2.11. The van der Waals surface area contributed by atoms with Crippen LogP contribution in [0.25, 0.3) is 10.8 Å². The van der Waals surface area contributed by atoms with Gasteiger partial charge in [0, 0.05) is 28.7 Å². The van der Waals surface area contributed by atoms with Gasteiger partial charge in [0.15, 0.2) is 0 Å². The van der Waals surface area contributed by atoms with E-state index in [1.165, 1.54) is 19.1 Å². The summed E-state index contributed by atoms with van der Waals surface area (Å²) in [5.41, 5.74) is 0.638. The minimum Gasteiger partial charge on any atom is -0.326 e. The molecule has 0 atom stereocenters. The molecule has 2 rings (SSSR count). The molecule has 0 unspecified atom stereocenters. The number of hydrogen-bond donors (Lipinski definition) is 1. The molecule has 0 aliphatic carbocycles. The Morgan fingerprint density at radius 3 is 2.56 bits per heavy atom. The van der Waals surface area contributed by atoms with Gasteiger partial charge in [0.1, 0.15) is 0 Å². The average Bonchev–Trinajstić information content (AvgIpc) is 2.27. The molecule has 0 saturated heterocycles. The van der Waals surface area contributed by atoms with E-state index >= 15 is 0 Å². The predicted molar refractivity (Wildman–Crippen MR) is 71.3 cm³/mol. The SMILES string of the molecule is CC(=O)Nc1cccc2cc(S(=O)(=O)Cl)ccc12. The van der Waals surface area contributed by atoms with Crippen molar-refractivity contribution in [1.29, 1.82) is 0 Å². The van der Waals surface area contributed by atoms with Crippen LogP contribution in [0.1, 0.15) is 6.92 Å². The fourth-order valence-electron chi connectivity index (χ4n) is 1.71. The summed E-state index contributed by atoms with van der Waals surface area (Å²) in [5, 5.41) is 4.14. The van der Waals surface area contributed by atoms with Gasteiger partial charge in [-0.25, -0.2) is 8.42 Å². The van der Waals surface area contributed by atoms with E-state index in [4.69, 9.17) is 10.7 Å². The first-order valence-corrected chi connectivity index (χ1v) is 7.44. The Morgan fingerprint density at radius 2 is 1.94 bits per heavy atom. The number of nitrogens with one attached hydrogen (secondary N) is 1. The maximum atomic E-state index is 11.2. The van der Waals surface area contributed by atoms with Gasteiger partial charge in [-0.05, 0) is 23.6 Å². The molecule has 0 fully saturated rings. The minimum absolute atomic E-state index is 0.0386. The van der Waals surface area contributed by atoms with Crippen LogP contribution in [0.15, 0.2) is 41.3 Å². The van der Waals surface area contributed by atoms with Gasteiger partial charge >= 0.3 is 0 Å². The summed E-state index contributed by atoms with van der Waals surface area (Å²) in [5.74, 6) is -0.184. The van der Waals surface area contributed by atoms with Crippen molar-refractivity contribution in [2.45, 2.75) is 11.8 Å². The molecule has 0 saturated carbocycles. The summed E-state index contributed by atoms with van der Waals surface area (Å²) in [4.78, 5) is 11.1. The van der Waals surface area contributed by atoms with Crippen LogP contribution in [0, 0.1) is 0 Å². The van der Waals surface area contributed by atoms with Gasteiger partial charge in [-0.1, -0.05) is 18.2 Å². The summed E-state index contributed by atoms with van der Waals surface area (Å²) < 4.78 is 22.5. The molecule has 0 radical (unpaired) electrons. The van der Waals surface area contributed by atoms with E-state index in [1.807, 2.05) is 0 Å². The first-order chi connectivity index (χ1) is 8.38. The number of rotatable bonds is 2. The minimum atomic E-state index is -3.75. The van der Waals surface area contributed by atoms with E-state index in [-0.39, 0.29) is 10.8 Å². The van der Waals surface area contributed by atoms with E-state index < -0.39 is 9.05 Å². The monoisotopic (exact) mass is 283 g/mol. The lowest BCUT2D eigenvalue weighted by atomic mass is 10.1. The highest BCUT2D eigenvalue weighted by molar-refractivity contribution is 8.13. The van der Waals surface area contributed by atoms with Crippen molar-refractivity contribution in [3.63, 3.8) is 0 Å². The van der Waals surface area contributed by atoms with Crippen LogP contribution in [-0.2, 0) is 13.8 Å². The van der Waals surface area contributed by atoms with Crippen molar-refractivity contribution in [2.75, 3.05) is 5.32 Å². The van der Waals surface area contributed by atoms with E-state index in [0.717, 1.165) is 5.39 Å². The Bertz CT molecular complexity index is 725. The second-order valence-electron chi connectivity index (χ2n) is 3.81. The summed E-state index contributed by atoms with van der Waals surface area (Å²) in [6.45, 7) is 1.41. The van der Waals surface area contributed by atoms with Crippen LogP contribution >= 0.6 is 10.7 Å². The van der Waals surface area contributed by atoms with E-state index in [0.29, 0.717) is 11.1 Å². The first-order valence-electron chi connectivity index (χ1n) is 5.13. The Hall–Kier alpha value is -1.59. The van der Waals surface area contributed by atoms with Crippen LogP contribution in [0.5, 0.6) is 0 Å². The van der Waals surface area contributed by atoms with Crippen LogP contribution in [0.4, 0.5) is 5.69 Å². The number of carbonyl (C=O) groups is 1. The number of amides is 1. The molecular weight excluding hydrogens is 274 g/mol. The van der Waals surface area contributed by atoms with Gasteiger partial charge < -0.3 is 5.32 Å². The van der Waals surface area contributed by atoms with Gasteiger partial charge in [0.2, 0.25) is 5.91 Å². The fraction of sp³-hybridized carbons (Fsp3) is 0.0833. The lowest BCUT2D eigenvalue weighted by molar-refractivity contribution is -0.114. The molecule has 6 heteroatoms. The third-order valence-electron chi connectivity index (χ3n) is 2.44. The topological polar surface area (TPSA) is 63.2 Å². The number of hydrogen-bond acceptors (Lipinski definition) is 3. The molecular formula is C12H10ClNO3S. The van der Waals surface area contributed by atoms with Crippen molar-refractivity contribution >= 4 is 42.1 Å². The Labute approximate surface area is 109 Å². The van der Waals surface area contributed by atoms with Crippen molar-refractivity contribution in [3.8, 4) is 0 Å². The zero-order valence-corrected chi connectivity index (χ0v) is 11.0. The number of anilines is 1. The summed E-state index contributed by atoms with van der Waals surface area (Å²) in [6, 6.07) is 9.75. The third-order valence-corrected chi connectivity index (χ3v) is 3.80. The van der Waals surface area contributed by atoms with E-state index in [2.05, 4.69) is 5.32 Å². The number of halogens is 1. The molecule has 0 aliphatic heterocycles. The van der Waals surface area contributed by atoms with Crippen molar-refractivity contribution < 1.29 is 13.2 Å². The number of carbonyl (C=O) groups excluding carboxylic acids is 1. The zero-order valence-electron chi connectivity index (χ0n) is 9.48. The summed E-state index contributed by atoms with van der Waals surface area (Å²) in [7, 11) is 1.54. The maximum Gasteiger partial charge on any atom is 0.261 e.